The van der Waals surface area contributed by atoms with Gasteiger partial charge < -0.3 is 5.11 Å². The standard InChI is InChI=1S/C13H18N2O2S2/c1-7(2)15-12(17)10-8(3)9(4)19-11(10)14-13(15)18-6-5-16/h7,16H,5-6H2,1-4H3. The van der Waals surface area contributed by atoms with Crippen LogP contribution in [0.2, 0.25) is 0 Å². The Hall–Kier alpha value is -0.850. The summed E-state index contributed by atoms with van der Waals surface area (Å²) in [5.74, 6) is 0.550. The summed E-state index contributed by atoms with van der Waals surface area (Å²) in [6.07, 6.45) is 0. The first-order valence-electron chi connectivity index (χ1n) is 6.23. The quantitative estimate of drug-likeness (QED) is 0.696. The van der Waals surface area contributed by atoms with Crippen molar-refractivity contribution in [3.63, 3.8) is 0 Å². The maximum Gasteiger partial charge on any atom is 0.263 e. The molecule has 19 heavy (non-hydrogen) atoms. The van der Waals surface area contributed by atoms with Crippen LogP contribution in [0.25, 0.3) is 10.2 Å². The second kappa shape index (κ2) is 5.64. The van der Waals surface area contributed by atoms with Crippen LogP contribution in [-0.4, -0.2) is 27.0 Å². The Morgan fingerprint density at radius 3 is 2.68 bits per heavy atom. The molecule has 0 amide bonds. The molecule has 0 fully saturated rings. The molecular weight excluding hydrogens is 280 g/mol. The molecule has 1 N–H and O–H groups in total. The lowest BCUT2D eigenvalue weighted by Gasteiger charge is -2.14. The number of aliphatic hydroxyl groups is 1. The minimum atomic E-state index is 0.0299. The normalized spacial score (nSPS) is 11.7. The van der Waals surface area contributed by atoms with Gasteiger partial charge in [0.15, 0.2) is 5.16 Å². The van der Waals surface area contributed by atoms with Crippen LogP contribution >= 0.6 is 23.1 Å². The number of fused-ring (bicyclic) bond motifs is 1. The van der Waals surface area contributed by atoms with Gasteiger partial charge in [0, 0.05) is 16.7 Å². The zero-order chi connectivity index (χ0) is 14.2. The topological polar surface area (TPSA) is 55.1 Å². The zero-order valence-electron chi connectivity index (χ0n) is 11.6. The lowest BCUT2D eigenvalue weighted by molar-refractivity contribution is 0.322. The summed E-state index contributed by atoms with van der Waals surface area (Å²) >= 11 is 2.99. The van der Waals surface area contributed by atoms with Crippen LogP contribution in [0.5, 0.6) is 0 Å². The number of thioether (sulfide) groups is 1. The predicted octanol–water partition coefficient (Wildman–Crippen LogP) is 2.74. The van der Waals surface area contributed by atoms with Gasteiger partial charge >= 0.3 is 0 Å². The number of hydrogen-bond acceptors (Lipinski definition) is 5. The molecule has 0 aliphatic carbocycles. The second-order valence-corrected chi connectivity index (χ2v) is 6.96. The highest BCUT2D eigenvalue weighted by atomic mass is 32.2. The van der Waals surface area contributed by atoms with Crippen molar-refractivity contribution in [2.24, 2.45) is 0 Å². The molecule has 2 rings (SSSR count). The molecule has 0 aliphatic heterocycles. The highest BCUT2D eigenvalue weighted by Gasteiger charge is 2.17. The molecule has 2 aromatic heterocycles. The van der Waals surface area contributed by atoms with Crippen molar-refractivity contribution in [2.45, 2.75) is 38.9 Å². The summed E-state index contributed by atoms with van der Waals surface area (Å²) in [5, 5.41) is 10.4. The van der Waals surface area contributed by atoms with E-state index in [9.17, 15) is 4.79 Å². The number of aromatic nitrogens is 2. The van der Waals surface area contributed by atoms with Crippen molar-refractivity contribution < 1.29 is 5.11 Å². The first-order valence-corrected chi connectivity index (χ1v) is 8.03. The van der Waals surface area contributed by atoms with E-state index in [4.69, 9.17) is 5.11 Å². The lowest BCUT2D eigenvalue weighted by atomic mass is 10.2. The molecule has 6 heteroatoms. The summed E-state index contributed by atoms with van der Waals surface area (Å²) in [7, 11) is 0. The Labute approximate surface area is 120 Å². The Morgan fingerprint density at radius 1 is 1.42 bits per heavy atom. The lowest BCUT2D eigenvalue weighted by Crippen LogP contribution is -2.25. The summed E-state index contributed by atoms with van der Waals surface area (Å²) in [5.41, 5.74) is 1.06. The molecule has 0 radical (unpaired) electrons. The van der Waals surface area contributed by atoms with E-state index >= 15 is 0 Å². The minimum absolute atomic E-state index is 0.0299. The number of aliphatic hydroxyl groups excluding tert-OH is 1. The fraction of sp³-hybridized carbons (Fsp3) is 0.538. The Balaban J connectivity index is 2.74. The van der Waals surface area contributed by atoms with E-state index in [1.807, 2.05) is 27.7 Å². The van der Waals surface area contributed by atoms with Gasteiger partial charge in [-0.2, -0.15) is 0 Å². The third kappa shape index (κ3) is 2.57. The van der Waals surface area contributed by atoms with Gasteiger partial charge in [0.05, 0.1) is 12.0 Å². The Bertz CT molecular complexity index is 659. The van der Waals surface area contributed by atoms with Gasteiger partial charge in [-0.15, -0.1) is 11.3 Å². The SMILES string of the molecule is Cc1sc2nc(SCCO)n(C(C)C)c(=O)c2c1C. The van der Waals surface area contributed by atoms with E-state index in [1.54, 1.807) is 15.9 Å². The molecule has 0 aliphatic rings. The molecule has 0 spiro atoms. The van der Waals surface area contributed by atoms with Gasteiger partial charge in [0.2, 0.25) is 0 Å². The van der Waals surface area contributed by atoms with E-state index in [0.717, 1.165) is 20.7 Å². The molecular formula is C13H18N2O2S2. The first kappa shape index (κ1) is 14.6. The van der Waals surface area contributed by atoms with E-state index in [1.165, 1.54) is 11.8 Å². The number of thiophene rings is 1. The molecule has 0 bridgehead atoms. The number of nitrogens with zero attached hydrogens (tertiary/aromatic N) is 2. The van der Waals surface area contributed by atoms with E-state index in [-0.39, 0.29) is 18.2 Å². The van der Waals surface area contributed by atoms with Crippen molar-refractivity contribution in [2.75, 3.05) is 12.4 Å². The third-order valence-corrected chi connectivity index (χ3v) is 5.08. The predicted molar refractivity (Wildman–Crippen MR) is 81.5 cm³/mol. The molecule has 0 aromatic carbocycles. The van der Waals surface area contributed by atoms with Crippen LogP contribution in [0.1, 0.15) is 30.3 Å². The fourth-order valence-electron chi connectivity index (χ4n) is 1.98. The van der Waals surface area contributed by atoms with Crippen molar-refractivity contribution >= 4 is 33.3 Å². The number of aryl methyl sites for hydroxylation is 2. The van der Waals surface area contributed by atoms with Gasteiger partial charge in [-0.1, -0.05) is 11.8 Å². The highest BCUT2D eigenvalue weighted by molar-refractivity contribution is 7.99. The molecule has 4 nitrogen and oxygen atoms in total. The Kier molecular flexibility index (Phi) is 4.32. The minimum Gasteiger partial charge on any atom is -0.396 e. The zero-order valence-corrected chi connectivity index (χ0v) is 13.2. The first-order chi connectivity index (χ1) is 8.97. The largest absolute Gasteiger partial charge is 0.396 e. The van der Waals surface area contributed by atoms with Crippen molar-refractivity contribution in [1.29, 1.82) is 0 Å². The van der Waals surface area contributed by atoms with Gasteiger partial charge in [-0.3, -0.25) is 9.36 Å². The van der Waals surface area contributed by atoms with Gasteiger partial charge in [0.1, 0.15) is 4.83 Å². The van der Waals surface area contributed by atoms with Crippen LogP contribution in [0.4, 0.5) is 0 Å². The van der Waals surface area contributed by atoms with Gasteiger partial charge in [-0.05, 0) is 33.3 Å². The summed E-state index contributed by atoms with van der Waals surface area (Å²) in [6, 6.07) is 0.0604. The molecule has 2 aromatic rings. The number of hydrogen-bond donors (Lipinski definition) is 1. The van der Waals surface area contributed by atoms with Crippen LogP contribution in [0.3, 0.4) is 0 Å². The monoisotopic (exact) mass is 298 g/mol. The molecule has 0 atom stereocenters. The summed E-state index contributed by atoms with van der Waals surface area (Å²) < 4.78 is 1.72. The van der Waals surface area contributed by atoms with E-state index in [2.05, 4.69) is 4.98 Å². The van der Waals surface area contributed by atoms with Crippen LogP contribution < -0.4 is 5.56 Å². The van der Waals surface area contributed by atoms with Crippen molar-refractivity contribution in [1.82, 2.24) is 9.55 Å². The van der Waals surface area contributed by atoms with Crippen LogP contribution in [0.15, 0.2) is 9.95 Å². The van der Waals surface area contributed by atoms with Crippen LogP contribution in [-0.2, 0) is 0 Å². The average Bonchev–Trinajstić information content (AvgIpc) is 2.62. The fourth-order valence-corrected chi connectivity index (χ4v) is 3.92. The van der Waals surface area contributed by atoms with Crippen molar-refractivity contribution in [3.8, 4) is 0 Å². The van der Waals surface area contributed by atoms with Crippen LogP contribution in [0, 0.1) is 13.8 Å². The summed E-state index contributed by atoms with van der Waals surface area (Å²) in [4.78, 5) is 19.2. The highest BCUT2D eigenvalue weighted by Crippen LogP contribution is 2.29. The Morgan fingerprint density at radius 2 is 2.11 bits per heavy atom. The van der Waals surface area contributed by atoms with Gasteiger partial charge in [-0.25, -0.2) is 4.98 Å². The molecule has 104 valence electrons. The third-order valence-electron chi connectivity index (χ3n) is 3.04. The molecule has 0 unspecified atom stereocenters. The maximum atomic E-state index is 12.6. The molecule has 2 heterocycles. The van der Waals surface area contributed by atoms with Gasteiger partial charge in [0.25, 0.3) is 5.56 Å². The maximum absolute atomic E-state index is 12.6. The molecule has 0 saturated carbocycles. The summed E-state index contributed by atoms with van der Waals surface area (Å²) in [6.45, 7) is 8.03. The number of rotatable bonds is 4. The second-order valence-electron chi connectivity index (χ2n) is 4.70. The molecule has 0 saturated heterocycles. The van der Waals surface area contributed by atoms with E-state index < -0.39 is 0 Å². The van der Waals surface area contributed by atoms with E-state index in [0.29, 0.717) is 10.9 Å². The smallest absolute Gasteiger partial charge is 0.263 e. The van der Waals surface area contributed by atoms with Crippen molar-refractivity contribution in [3.05, 3.63) is 20.8 Å². The average molecular weight is 298 g/mol.